The van der Waals surface area contributed by atoms with Gasteiger partial charge in [-0.1, -0.05) is 41.9 Å². The van der Waals surface area contributed by atoms with Crippen molar-refractivity contribution in [1.82, 2.24) is 24.6 Å². The molecule has 0 saturated carbocycles. The van der Waals surface area contributed by atoms with Crippen LogP contribution < -0.4 is 5.56 Å². The smallest absolute Gasteiger partial charge is 0.264 e. The molecule has 3 aromatic heterocycles. The molecule has 0 radical (unpaired) electrons. The Morgan fingerprint density at radius 1 is 1.17 bits per heavy atom. The largest absolute Gasteiger partial charge is 0.383 e. The molecular weight excluding hydrogens is 498 g/mol. The number of aryl methyl sites for hydroxylation is 1. The molecule has 0 unspecified atom stereocenters. The van der Waals surface area contributed by atoms with E-state index in [2.05, 4.69) is 15.1 Å². The summed E-state index contributed by atoms with van der Waals surface area (Å²) >= 11 is 7.75. The first-order valence-electron chi connectivity index (χ1n) is 11.4. The highest BCUT2D eigenvalue weighted by atomic mass is 35.5. The zero-order valence-electron chi connectivity index (χ0n) is 19.8. The molecule has 3 heterocycles. The summed E-state index contributed by atoms with van der Waals surface area (Å²) in [4.78, 5) is 36.6. The van der Waals surface area contributed by atoms with E-state index >= 15 is 0 Å². The van der Waals surface area contributed by atoms with Gasteiger partial charge in [-0.05, 0) is 36.8 Å². The number of hydrogen-bond acceptors (Lipinski definition) is 6. The number of carbonyl (C=O) groups excluding carboxylic acids is 1. The Balaban J connectivity index is 1.46. The molecule has 2 aromatic carbocycles. The van der Waals surface area contributed by atoms with Crippen molar-refractivity contribution in [3.05, 3.63) is 91.9 Å². The minimum Gasteiger partial charge on any atom is -0.383 e. The van der Waals surface area contributed by atoms with Crippen molar-refractivity contribution in [2.75, 3.05) is 20.3 Å². The van der Waals surface area contributed by atoms with Crippen LogP contribution in [-0.2, 0) is 17.8 Å². The van der Waals surface area contributed by atoms with Gasteiger partial charge < -0.3 is 14.6 Å². The van der Waals surface area contributed by atoms with Crippen molar-refractivity contribution in [1.29, 1.82) is 0 Å². The molecule has 0 fully saturated rings. The van der Waals surface area contributed by atoms with E-state index < -0.39 is 0 Å². The van der Waals surface area contributed by atoms with Gasteiger partial charge in [0.2, 0.25) is 0 Å². The van der Waals surface area contributed by atoms with Gasteiger partial charge in [-0.25, -0.2) is 4.98 Å². The summed E-state index contributed by atoms with van der Waals surface area (Å²) in [7, 11) is 1.59. The summed E-state index contributed by atoms with van der Waals surface area (Å²) in [6.07, 6.45) is 0. The lowest BCUT2D eigenvalue weighted by molar-refractivity contribution is 0.0680. The van der Waals surface area contributed by atoms with Gasteiger partial charge in [-0.2, -0.15) is 5.10 Å². The van der Waals surface area contributed by atoms with Gasteiger partial charge in [0.15, 0.2) is 0 Å². The van der Waals surface area contributed by atoms with Crippen LogP contribution in [0, 0.1) is 6.92 Å². The number of ether oxygens (including phenoxy) is 1. The van der Waals surface area contributed by atoms with Gasteiger partial charge in [0.25, 0.3) is 11.5 Å². The number of fused-ring (bicyclic) bond motifs is 2. The van der Waals surface area contributed by atoms with E-state index in [0.29, 0.717) is 46.3 Å². The molecular formula is C26H24ClN5O3S. The van der Waals surface area contributed by atoms with Crippen molar-refractivity contribution < 1.29 is 9.53 Å². The highest BCUT2D eigenvalue weighted by molar-refractivity contribution is 7.20. The van der Waals surface area contributed by atoms with Gasteiger partial charge in [-0.3, -0.25) is 14.3 Å². The van der Waals surface area contributed by atoms with Crippen LogP contribution in [-0.4, -0.2) is 50.8 Å². The number of nitrogens with one attached hydrogen (secondary N) is 1. The summed E-state index contributed by atoms with van der Waals surface area (Å²) in [5.74, 6) is 0.262. The molecule has 5 aromatic rings. The molecule has 36 heavy (non-hydrogen) atoms. The summed E-state index contributed by atoms with van der Waals surface area (Å²) in [6.45, 7) is 3.30. The molecule has 8 nitrogen and oxygen atoms in total. The second-order valence-corrected chi connectivity index (χ2v) is 9.85. The van der Waals surface area contributed by atoms with Crippen molar-refractivity contribution >= 4 is 50.0 Å². The Labute approximate surface area is 216 Å². The van der Waals surface area contributed by atoms with Crippen LogP contribution in [0.15, 0.2) is 59.4 Å². The Morgan fingerprint density at radius 3 is 2.75 bits per heavy atom. The van der Waals surface area contributed by atoms with Crippen LogP contribution in [0.3, 0.4) is 0 Å². The van der Waals surface area contributed by atoms with Gasteiger partial charge >= 0.3 is 0 Å². The van der Waals surface area contributed by atoms with Crippen molar-refractivity contribution in [3.63, 3.8) is 0 Å². The Kier molecular flexibility index (Phi) is 6.86. The Hall–Kier alpha value is -3.53. The maximum Gasteiger partial charge on any atom is 0.264 e. The number of hydrogen-bond donors (Lipinski definition) is 1. The van der Waals surface area contributed by atoms with Crippen LogP contribution in [0.1, 0.15) is 26.8 Å². The molecule has 0 aliphatic heterocycles. The number of nitrogens with zero attached hydrogens (tertiary/aromatic N) is 4. The molecule has 184 valence electrons. The van der Waals surface area contributed by atoms with Crippen molar-refractivity contribution in [3.8, 4) is 0 Å². The van der Waals surface area contributed by atoms with Crippen LogP contribution in [0.4, 0.5) is 0 Å². The maximum atomic E-state index is 13.6. The normalized spacial score (nSPS) is 11.4. The molecule has 1 amide bonds. The predicted molar refractivity (Wildman–Crippen MR) is 142 cm³/mol. The van der Waals surface area contributed by atoms with E-state index in [0.717, 1.165) is 21.5 Å². The van der Waals surface area contributed by atoms with E-state index in [9.17, 15) is 9.59 Å². The molecule has 10 heteroatoms. The van der Waals surface area contributed by atoms with Gasteiger partial charge in [0, 0.05) is 24.1 Å². The Morgan fingerprint density at radius 2 is 1.94 bits per heavy atom. The minimum atomic E-state index is -0.230. The first-order chi connectivity index (χ1) is 17.4. The third-order valence-corrected chi connectivity index (χ3v) is 7.46. The Bertz CT molecular complexity index is 1620. The highest BCUT2D eigenvalue weighted by Crippen LogP contribution is 2.30. The topological polar surface area (TPSA) is 93.1 Å². The summed E-state index contributed by atoms with van der Waals surface area (Å²) in [6, 6.07) is 16.7. The van der Waals surface area contributed by atoms with Crippen molar-refractivity contribution in [2.24, 2.45) is 0 Å². The van der Waals surface area contributed by atoms with E-state index in [1.165, 1.54) is 11.3 Å². The molecule has 0 saturated heterocycles. The van der Waals surface area contributed by atoms with Crippen LogP contribution in [0.5, 0.6) is 0 Å². The molecule has 0 aliphatic rings. The molecule has 0 spiro atoms. The molecule has 1 N–H and O–H groups in total. The van der Waals surface area contributed by atoms with E-state index in [4.69, 9.17) is 16.3 Å². The van der Waals surface area contributed by atoms with Crippen molar-refractivity contribution in [2.45, 2.75) is 20.0 Å². The first kappa shape index (κ1) is 24.2. The lowest BCUT2D eigenvalue weighted by Gasteiger charge is -2.21. The van der Waals surface area contributed by atoms with E-state index in [1.54, 1.807) is 30.2 Å². The van der Waals surface area contributed by atoms with Crippen LogP contribution in [0.25, 0.3) is 21.1 Å². The quantitative estimate of drug-likeness (QED) is 0.321. The number of thiophene rings is 1. The zero-order chi connectivity index (χ0) is 25.2. The fourth-order valence-corrected chi connectivity index (χ4v) is 5.44. The number of rotatable bonds is 8. The average molecular weight is 522 g/mol. The SMILES string of the molecule is COCCN(Cc1nc2ccccc2c(=O)[nH]1)C(=O)c1cc2c(C)nn(Cc3ccccc3Cl)c2s1. The first-order valence-corrected chi connectivity index (χ1v) is 12.6. The summed E-state index contributed by atoms with van der Waals surface area (Å²) in [5.41, 5.74) is 2.16. The van der Waals surface area contributed by atoms with Gasteiger partial charge in [0.1, 0.15) is 10.7 Å². The highest BCUT2D eigenvalue weighted by Gasteiger charge is 2.22. The number of halogens is 1. The number of aromatic amines is 1. The summed E-state index contributed by atoms with van der Waals surface area (Å²) < 4.78 is 7.12. The fraction of sp³-hybridized carbons (Fsp3) is 0.231. The lowest BCUT2D eigenvalue weighted by Crippen LogP contribution is -2.34. The second-order valence-electron chi connectivity index (χ2n) is 8.41. The second kappa shape index (κ2) is 10.2. The van der Waals surface area contributed by atoms with E-state index in [-0.39, 0.29) is 18.0 Å². The number of H-pyrrole nitrogens is 1. The van der Waals surface area contributed by atoms with Crippen LogP contribution >= 0.6 is 22.9 Å². The number of methoxy groups -OCH3 is 1. The predicted octanol–water partition coefficient (Wildman–Crippen LogP) is 4.63. The number of aromatic nitrogens is 4. The van der Waals surface area contributed by atoms with Gasteiger partial charge in [-0.15, -0.1) is 11.3 Å². The number of carbonyl (C=O) groups is 1. The number of amides is 1. The zero-order valence-corrected chi connectivity index (χ0v) is 21.4. The standard InChI is InChI=1S/C26H24ClN5O3S/c1-16-19-13-22(36-26(19)32(30-16)14-17-7-3-5-9-20(17)27)25(34)31(11-12-35-2)15-23-28-21-10-6-4-8-18(21)24(33)29-23/h3-10,13H,11-12,14-15H2,1-2H3,(H,28,29,33). The number of benzene rings is 2. The molecule has 0 atom stereocenters. The fourth-order valence-electron chi connectivity index (χ4n) is 4.11. The van der Waals surface area contributed by atoms with E-state index in [1.807, 2.05) is 48.0 Å². The lowest BCUT2D eigenvalue weighted by atomic mass is 10.2. The molecule has 5 rings (SSSR count). The minimum absolute atomic E-state index is 0.154. The molecule has 0 bridgehead atoms. The monoisotopic (exact) mass is 521 g/mol. The average Bonchev–Trinajstić information content (AvgIpc) is 3.44. The molecule has 0 aliphatic carbocycles. The van der Waals surface area contributed by atoms with Gasteiger partial charge in [0.05, 0.1) is 41.2 Å². The summed E-state index contributed by atoms with van der Waals surface area (Å²) in [5, 5.41) is 6.78. The van der Waals surface area contributed by atoms with Crippen LogP contribution in [0.2, 0.25) is 5.02 Å². The maximum absolute atomic E-state index is 13.6. The number of para-hydroxylation sites is 1. The third-order valence-electron chi connectivity index (χ3n) is 5.95. The third kappa shape index (κ3) is 4.77.